The molecule has 1 heterocycles. The highest BCUT2D eigenvalue weighted by atomic mass is 19.1. The number of pyridine rings is 1. The SMILES string of the molecule is Cc1nc(Oc2c(F)cccc2[N+](=O)[O-])ccc1C(=O)O. The molecule has 0 atom stereocenters. The molecule has 0 radical (unpaired) electrons. The fourth-order valence-corrected chi connectivity index (χ4v) is 1.67. The normalized spacial score (nSPS) is 10.2. The Labute approximate surface area is 117 Å². The van der Waals surface area contributed by atoms with Gasteiger partial charge >= 0.3 is 11.7 Å². The predicted octanol–water partition coefficient (Wildman–Crippen LogP) is 2.93. The van der Waals surface area contributed by atoms with Crippen LogP contribution in [0.25, 0.3) is 0 Å². The van der Waals surface area contributed by atoms with E-state index in [-0.39, 0.29) is 17.1 Å². The Balaban J connectivity index is 2.41. The van der Waals surface area contributed by atoms with Crippen LogP contribution in [-0.4, -0.2) is 21.0 Å². The van der Waals surface area contributed by atoms with Crippen LogP contribution in [0.3, 0.4) is 0 Å². The van der Waals surface area contributed by atoms with Crippen molar-refractivity contribution in [1.29, 1.82) is 0 Å². The van der Waals surface area contributed by atoms with Crippen molar-refractivity contribution in [3.63, 3.8) is 0 Å². The van der Waals surface area contributed by atoms with Gasteiger partial charge in [-0.05, 0) is 19.1 Å². The number of hydrogen-bond donors (Lipinski definition) is 1. The van der Waals surface area contributed by atoms with Crippen LogP contribution in [0.15, 0.2) is 30.3 Å². The molecule has 1 N–H and O–H groups in total. The highest BCUT2D eigenvalue weighted by Crippen LogP contribution is 2.33. The number of nitro groups is 1. The van der Waals surface area contributed by atoms with Gasteiger partial charge in [0.05, 0.1) is 16.2 Å². The topological polar surface area (TPSA) is 103 Å². The van der Waals surface area contributed by atoms with Crippen LogP contribution in [0.2, 0.25) is 0 Å². The van der Waals surface area contributed by atoms with Crippen molar-refractivity contribution in [1.82, 2.24) is 4.98 Å². The summed E-state index contributed by atoms with van der Waals surface area (Å²) in [5.74, 6) is -2.78. The minimum Gasteiger partial charge on any atom is -0.478 e. The van der Waals surface area contributed by atoms with Crippen LogP contribution in [0.4, 0.5) is 10.1 Å². The Morgan fingerprint density at radius 2 is 2.10 bits per heavy atom. The lowest BCUT2D eigenvalue weighted by Crippen LogP contribution is -2.03. The van der Waals surface area contributed by atoms with Crippen molar-refractivity contribution in [2.75, 3.05) is 0 Å². The summed E-state index contributed by atoms with van der Waals surface area (Å²) in [6, 6.07) is 5.73. The van der Waals surface area contributed by atoms with Gasteiger partial charge in [0.1, 0.15) is 0 Å². The summed E-state index contributed by atoms with van der Waals surface area (Å²) in [6.45, 7) is 1.44. The van der Waals surface area contributed by atoms with E-state index < -0.39 is 28.1 Å². The third-order valence-corrected chi connectivity index (χ3v) is 2.64. The molecular weight excluding hydrogens is 283 g/mol. The first-order chi connectivity index (χ1) is 9.90. The van der Waals surface area contributed by atoms with E-state index in [2.05, 4.69) is 4.98 Å². The van der Waals surface area contributed by atoms with Crippen molar-refractivity contribution in [2.45, 2.75) is 6.92 Å². The molecule has 0 aliphatic rings. The fourth-order valence-electron chi connectivity index (χ4n) is 1.67. The van der Waals surface area contributed by atoms with Crippen molar-refractivity contribution in [3.05, 3.63) is 57.5 Å². The zero-order valence-electron chi connectivity index (χ0n) is 10.7. The number of hydrogen-bond acceptors (Lipinski definition) is 5. The van der Waals surface area contributed by atoms with E-state index in [1.807, 2.05) is 0 Å². The number of aryl methyl sites for hydroxylation is 1. The number of benzene rings is 1. The van der Waals surface area contributed by atoms with E-state index in [9.17, 15) is 19.3 Å². The third kappa shape index (κ3) is 2.94. The Kier molecular flexibility index (Phi) is 3.79. The van der Waals surface area contributed by atoms with Gasteiger partial charge in [0, 0.05) is 12.1 Å². The van der Waals surface area contributed by atoms with Gasteiger partial charge in [-0.2, -0.15) is 0 Å². The van der Waals surface area contributed by atoms with Crippen LogP contribution < -0.4 is 4.74 Å². The maximum absolute atomic E-state index is 13.7. The van der Waals surface area contributed by atoms with Gasteiger partial charge in [0.2, 0.25) is 11.6 Å². The molecule has 0 saturated heterocycles. The Morgan fingerprint density at radius 3 is 2.67 bits per heavy atom. The number of rotatable bonds is 4. The number of carbonyl (C=O) groups is 1. The molecule has 1 aromatic carbocycles. The van der Waals surface area contributed by atoms with Gasteiger partial charge in [-0.3, -0.25) is 10.1 Å². The number of nitro benzene ring substituents is 1. The number of ether oxygens (including phenoxy) is 1. The zero-order valence-corrected chi connectivity index (χ0v) is 10.7. The van der Waals surface area contributed by atoms with Gasteiger partial charge in [-0.25, -0.2) is 14.2 Å². The minimum absolute atomic E-state index is 0.0367. The van der Waals surface area contributed by atoms with Gasteiger partial charge in [-0.1, -0.05) is 6.07 Å². The second-order valence-electron chi connectivity index (χ2n) is 4.03. The number of nitrogens with zero attached hydrogens (tertiary/aromatic N) is 2. The number of carboxylic acids is 1. The number of aromatic carboxylic acids is 1. The van der Waals surface area contributed by atoms with E-state index in [1.165, 1.54) is 25.1 Å². The number of aromatic nitrogens is 1. The molecule has 0 aliphatic carbocycles. The summed E-state index contributed by atoms with van der Waals surface area (Å²) >= 11 is 0. The lowest BCUT2D eigenvalue weighted by molar-refractivity contribution is -0.385. The van der Waals surface area contributed by atoms with Crippen LogP contribution in [-0.2, 0) is 0 Å². The fraction of sp³-hybridized carbons (Fsp3) is 0.0769. The quantitative estimate of drug-likeness (QED) is 0.686. The van der Waals surface area contributed by atoms with Gasteiger partial charge in [0.25, 0.3) is 0 Å². The molecule has 8 heteroatoms. The second-order valence-corrected chi connectivity index (χ2v) is 4.03. The lowest BCUT2D eigenvalue weighted by Gasteiger charge is -2.08. The van der Waals surface area contributed by atoms with E-state index in [0.717, 1.165) is 12.1 Å². The van der Waals surface area contributed by atoms with Crippen LogP contribution >= 0.6 is 0 Å². The van der Waals surface area contributed by atoms with Gasteiger partial charge in [0.15, 0.2) is 5.82 Å². The largest absolute Gasteiger partial charge is 0.478 e. The number of halogens is 1. The molecule has 2 aromatic rings. The van der Waals surface area contributed by atoms with Crippen molar-refractivity contribution < 1.29 is 24.0 Å². The third-order valence-electron chi connectivity index (χ3n) is 2.64. The first-order valence-corrected chi connectivity index (χ1v) is 5.72. The van der Waals surface area contributed by atoms with E-state index in [0.29, 0.717) is 0 Å². The summed E-state index contributed by atoms with van der Waals surface area (Å²) in [5, 5.41) is 19.7. The Morgan fingerprint density at radius 1 is 1.38 bits per heavy atom. The molecule has 2 rings (SSSR count). The molecule has 0 bridgehead atoms. The molecule has 0 amide bonds. The molecule has 0 unspecified atom stereocenters. The summed E-state index contributed by atoms with van der Waals surface area (Å²) in [7, 11) is 0. The maximum atomic E-state index is 13.7. The highest BCUT2D eigenvalue weighted by molar-refractivity contribution is 5.88. The summed E-state index contributed by atoms with van der Waals surface area (Å²) < 4.78 is 18.7. The standard InChI is InChI=1S/C13H9FN2O5/c1-7-8(13(17)18)5-6-11(15-7)21-12-9(14)3-2-4-10(12)16(19)20/h2-6H,1H3,(H,17,18). The molecule has 1 aromatic heterocycles. The maximum Gasteiger partial charge on any atom is 0.337 e. The monoisotopic (exact) mass is 292 g/mol. The van der Waals surface area contributed by atoms with Crippen LogP contribution in [0, 0.1) is 22.9 Å². The number of para-hydroxylation sites is 1. The molecule has 0 saturated carbocycles. The van der Waals surface area contributed by atoms with Crippen molar-refractivity contribution in [3.8, 4) is 11.6 Å². The summed E-state index contributed by atoms with van der Waals surface area (Å²) in [6.07, 6.45) is 0. The van der Waals surface area contributed by atoms with Gasteiger partial charge < -0.3 is 9.84 Å². The first kappa shape index (κ1) is 14.4. The van der Waals surface area contributed by atoms with Crippen LogP contribution in [0.5, 0.6) is 11.6 Å². The Bertz CT molecular complexity index is 732. The van der Waals surface area contributed by atoms with Crippen molar-refractivity contribution >= 4 is 11.7 Å². The molecule has 0 fully saturated rings. The van der Waals surface area contributed by atoms with E-state index >= 15 is 0 Å². The summed E-state index contributed by atoms with van der Waals surface area (Å²) in [5.41, 5.74) is -0.430. The van der Waals surface area contributed by atoms with Crippen LogP contribution in [0.1, 0.15) is 16.1 Å². The Hall–Kier alpha value is -3.03. The highest BCUT2D eigenvalue weighted by Gasteiger charge is 2.21. The van der Waals surface area contributed by atoms with E-state index in [4.69, 9.17) is 9.84 Å². The lowest BCUT2D eigenvalue weighted by atomic mass is 10.2. The van der Waals surface area contributed by atoms with Gasteiger partial charge in [-0.15, -0.1) is 0 Å². The second kappa shape index (κ2) is 5.53. The average Bonchev–Trinajstić information content (AvgIpc) is 2.40. The van der Waals surface area contributed by atoms with Crippen molar-refractivity contribution in [2.24, 2.45) is 0 Å². The molecule has 0 aliphatic heterocycles. The van der Waals surface area contributed by atoms with E-state index in [1.54, 1.807) is 0 Å². The average molecular weight is 292 g/mol. The zero-order chi connectivity index (χ0) is 15.6. The minimum atomic E-state index is -1.16. The molecular formula is C13H9FN2O5. The molecule has 108 valence electrons. The molecule has 0 spiro atoms. The number of carboxylic acid groups (broad SMARTS) is 1. The summed E-state index contributed by atoms with van der Waals surface area (Å²) in [4.78, 5) is 24.8. The first-order valence-electron chi connectivity index (χ1n) is 5.72. The smallest absolute Gasteiger partial charge is 0.337 e. The molecule has 21 heavy (non-hydrogen) atoms. The molecule has 7 nitrogen and oxygen atoms in total. The predicted molar refractivity (Wildman–Crippen MR) is 69.1 cm³/mol.